The van der Waals surface area contributed by atoms with Crippen LogP contribution in [0.1, 0.15) is 39.0 Å². The Balaban J connectivity index is 1.42. The van der Waals surface area contributed by atoms with Crippen molar-refractivity contribution in [3.8, 4) is 0 Å². The predicted molar refractivity (Wildman–Crippen MR) is 91.7 cm³/mol. The molecule has 0 spiro atoms. The molecule has 4 aliphatic carbocycles. The minimum atomic E-state index is -0.499. The highest BCUT2D eigenvalue weighted by molar-refractivity contribution is 5.93. The zero-order valence-corrected chi connectivity index (χ0v) is 15.1. The molecule has 1 heterocycles. The van der Waals surface area contributed by atoms with E-state index in [1.807, 2.05) is 0 Å². The van der Waals surface area contributed by atoms with Crippen LogP contribution in [0.3, 0.4) is 0 Å². The molecule has 0 aromatic heterocycles. The van der Waals surface area contributed by atoms with E-state index in [-0.39, 0.29) is 31.6 Å². The van der Waals surface area contributed by atoms with Gasteiger partial charge in [-0.3, -0.25) is 4.79 Å². The molecule has 142 valence electrons. The summed E-state index contributed by atoms with van der Waals surface area (Å²) in [5.74, 6) is 1.78. The first-order valence-electron chi connectivity index (χ1n) is 9.65. The lowest BCUT2D eigenvalue weighted by Crippen LogP contribution is -2.49. The van der Waals surface area contributed by atoms with Gasteiger partial charge >= 0.3 is 18.0 Å². The summed E-state index contributed by atoms with van der Waals surface area (Å²) in [6, 6.07) is -0.404. The van der Waals surface area contributed by atoms with Crippen LogP contribution in [-0.2, 0) is 19.1 Å². The quantitative estimate of drug-likeness (QED) is 0.727. The van der Waals surface area contributed by atoms with E-state index in [0.717, 1.165) is 37.5 Å². The monoisotopic (exact) mass is 362 g/mol. The molecule has 2 amide bonds. The number of hydrogen-bond acceptors (Lipinski definition) is 5. The van der Waals surface area contributed by atoms with Crippen LogP contribution in [0.4, 0.5) is 4.79 Å². The van der Waals surface area contributed by atoms with E-state index >= 15 is 0 Å². The van der Waals surface area contributed by atoms with Crippen LogP contribution in [0.2, 0.25) is 0 Å². The maximum atomic E-state index is 12.8. The maximum Gasteiger partial charge on any atom is 0.337 e. The SMILES string of the molecule is CCOC(=O)C1=C(COC(=O)C2C3CC4CC(C3)CC2C4)NC(=O)NC1. The van der Waals surface area contributed by atoms with Gasteiger partial charge in [-0.1, -0.05) is 0 Å². The molecule has 5 aliphatic rings. The van der Waals surface area contributed by atoms with Crippen molar-refractivity contribution in [2.45, 2.75) is 39.0 Å². The average molecular weight is 362 g/mol. The molecule has 0 aromatic rings. The highest BCUT2D eigenvalue weighted by Gasteiger charge is 2.51. The number of amides is 2. The molecule has 0 saturated heterocycles. The Labute approximate surface area is 152 Å². The fraction of sp³-hybridized carbons (Fsp3) is 0.737. The zero-order valence-electron chi connectivity index (χ0n) is 15.1. The lowest BCUT2D eigenvalue weighted by molar-refractivity contribution is -0.161. The normalized spacial score (nSPS) is 35.0. The van der Waals surface area contributed by atoms with Crippen LogP contribution >= 0.6 is 0 Å². The van der Waals surface area contributed by atoms with Crippen molar-refractivity contribution < 1.29 is 23.9 Å². The first kappa shape index (κ1) is 17.4. The molecule has 0 aromatic carbocycles. The Hall–Kier alpha value is -2.05. The van der Waals surface area contributed by atoms with Crippen LogP contribution in [0.25, 0.3) is 0 Å². The van der Waals surface area contributed by atoms with Gasteiger partial charge in [0.05, 0.1) is 30.3 Å². The molecule has 0 radical (unpaired) electrons. The fourth-order valence-corrected chi connectivity index (χ4v) is 5.62. The molecule has 7 heteroatoms. The van der Waals surface area contributed by atoms with Crippen LogP contribution < -0.4 is 10.6 Å². The first-order valence-corrected chi connectivity index (χ1v) is 9.65. The zero-order chi connectivity index (χ0) is 18.3. The summed E-state index contributed by atoms with van der Waals surface area (Å²) in [5.41, 5.74) is 0.633. The predicted octanol–water partition coefficient (Wildman–Crippen LogP) is 1.73. The molecular formula is C19H26N2O5. The molecule has 4 fully saturated rings. The van der Waals surface area contributed by atoms with Gasteiger partial charge in [0.1, 0.15) is 6.61 Å². The molecule has 1 aliphatic heterocycles. The van der Waals surface area contributed by atoms with Gasteiger partial charge in [0.2, 0.25) is 0 Å². The molecule has 5 rings (SSSR count). The topological polar surface area (TPSA) is 93.7 Å². The van der Waals surface area contributed by atoms with Gasteiger partial charge in [-0.25, -0.2) is 9.59 Å². The fourth-order valence-electron chi connectivity index (χ4n) is 5.62. The third-order valence-electron chi connectivity index (χ3n) is 6.43. The summed E-state index contributed by atoms with van der Waals surface area (Å²) in [6.45, 7) is 1.95. The van der Waals surface area contributed by atoms with E-state index in [1.54, 1.807) is 6.92 Å². The highest BCUT2D eigenvalue weighted by Crippen LogP contribution is 2.56. The standard InChI is InChI=1S/C19H26N2O5/c1-2-25-17(22)14-8-20-19(24)21-15(14)9-26-18(23)16-12-4-10-3-11(6-12)7-13(16)5-10/h10-13,16H,2-9H2,1H3,(H2,20,21,24). The number of carbonyl (C=O) groups excluding carboxylic acids is 3. The Kier molecular flexibility index (Phi) is 4.63. The third-order valence-corrected chi connectivity index (χ3v) is 6.43. The van der Waals surface area contributed by atoms with E-state index in [9.17, 15) is 14.4 Å². The summed E-state index contributed by atoms with van der Waals surface area (Å²) in [7, 11) is 0. The average Bonchev–Trinajstić information content (AvgIpc) is 2.59. The summed E-state index contributed by atoms with van der Waals surface area (Å²) < 4.78 is 10.6. The van der Waals surface area contributed by atoms with Crippen molar-refractivity contribution in [3.05, 3.63) is 11.3 Å². The minimum absolute atomic E-state index is 0.0214. The maximum absolute atomic E-state index is 12.8. The Morgan fingerprint density at radius 2 is 1.69 bits per heavy atom. The van der Waals surface area contributed by atoms with Gasteiger partial charge in [-0.05, 0) is 62.7 Å². The van der Waals surface area contributed by atoms with Crippen LogP contribution in [0, 0.1) is 29.6 Å². The van der Waals surface area contributed by atoms with Gasteiger partial charge in [-0.2, -0.15) is 0 Å². The van der Waals surface area contributed by atoms with Gasteiger partial charge in [-0.15, -0.1) is 0 Å². The third kappa shape index (κ3) is 3.19. The summed E-state index contributed by atoms with van der Waals surface area (Å²) >= 11 is 0. The number of rotatable bonds is 5. The lowest BCUT2D eigenvalue weighted by Gasteiger charge is -2.53. The van der Waals surface area contributed by atoms with Gasteiger partial charge < -0.3 is 20.1 Å². The van der Waals surface area contributed by atoms with Gasteiger partial charge in [0.15, 0.2) is 0 Å². The van der Waals surface area contributed by atoms with E-state index in [4.69, 9.17) is 9.47 Å². The molecule has 0 unspecified atom stereocenters. The summed E-state index contributed by atoms with van der Waals surface area (Å²) in [6.07, 6.45) is 5.91. The number of urea groups is 1. The molecule has 26 heavy (non-hydrogen) atoms. The molecule has 4 saturated carbocycles. The van der Waals surface area contributed by atoms with Crippen molar-refractivity contribution in [2.24, 2.45) is 29.6 Å². The number of esters is 2. The smallest absolute Gasteiger partial charge is 0.337 e. The highest BCUT2D eigenvalue weighted by atomic mass is 16.5. The molecule has 4 bridgehead atoms. The largest absolute Gasteiger partial charge is 0.463 e. The van der Waals surface area contributed by atoms with Crippen molar-refractivity contribution in [1.82, 2.24) is 10.6 Å². The summed E-state index contributed by atoms with van der Waals surface area (Å²) in [5, 5.41) is 5.13. The molecule has 7 nitrogen and oxygen atoms in total. The number of nitrogens with one attached hydrogen (secondary N) is 2. The first-order chi connectivity index (χ1) is 12.5. The molecule has 2 N–H and O–H groups in total. The second kappa shape index (κ2) is 6.93. The van der Waals surface area contributed by atoms with Crippen LogP contribution in [-0.4, -0.2) is 37.7 Å². The minimum Gasteiger partial charge on any atom is -0.463 e. The van der Waals surface area contributed by atoms with Gasteiger partial charge in [0, 0.05) is 0 Å². The molecular weight excluding hydrogens is 336 g/mol. The lowest BCUT2D eigenvalue weighted by atomic mass is 9.52. The Morgan fingerprint density at radius 1 is 1.04 bits per heavy atom. The Morgan fingerprint density at radius 3 is 2.31 bits per heavy atom. The Bertz CT molecular complexity index is 628. The number of hydrogen-bond donors (Lipinski definition) is 2. The van der Waals surface area contributed by atoms with E-state index in [2.05, 4.69) is 10.6 Å². The van der Waals surface area contributed by atoms with E-state index < -0.39 is 12.0 Å². The number of carbonyl (C=O) groups is 3. The van der Waals surface area contributed by atoms with E-state index in [0.29, 0.717) is 23.1 Å². The second-order valence-electron chi connectivity index (χ2n) is 8.05. The number of ether oxygens (including phenoxy) is 2. The van der Waals surface area contributed by atoms with Crippen molar-refractivity contribution in [1.29, 1.82) is 0 Å². The summed E-state index contributed by atoms with van der Waals surface area (Å²) in [4.78, 5) is 36.4. The van der Waals surface area contributed by atoms with Crippen molar-refractivity contribution in [3.63, 3.8) is 0 Å². The van der Waals surface area contributed by atoms with E-state index in [1.165, 1.54) is 6.42 Å². The second-order valence-corrected chi connectivity index (χ2v) is 8.05. The molecule has 0 atom stereocenters. The van der Waals surface area contributed by atoms with Crippen molar-refractivity contribution >= 4 is 18.0 Å². The van der Waals surface area contributed by atoms with Crippen LogP contribution in [0.15, 0.2) is 11.3 Å². The van der Waals surface area contributed by atoms with Crippen LogP contribution in [0.5, 0.6) is 0 Å². The van der Waals surface area contributed by atoms with Crippen molar-refractivity contribution in [2.75, 3.05) is 19.8 Å². The van der Waals surface area contributed by atoms with Gasteiger partial charge in [0.25, 0.3) is 0 Å².